The summed E-state index contributed by atoms with van der Waals surface area (Å²) in [5.41, 5.74) is 5.80. The highest BCUT2D eigenvalue weighted by molar-refractivity contribution is 6.07. The van der Waals surface area contributed by atoms with Crippen LogP contribution < -0.4 is 10.2 Å². The molecule has 2 aliphatic heterocycles. The summed E-state index contributed by atoms with van der Waals surface area (Å²) >= 11 is 0. The van der Waals surface area contributed by atoms with E-state index >= 15 is 0 Å². The normalized spacial score (nSPS) is 18.1. The number of carbonyl (C=O) groups is 2. The topological polar surface area (TPSA) is 87.5 Å². The fraction of sp³-hybridized carbons (Fsp3) is 0.346. The van der Waals surface area contributed by atoms with Gasteiger partial charge >= 0.3 is 0 Å². The maximum atomic E-state index is 14.9. The van der Waals surface area contributed by atoms with E-state index in [0.29, 0.717) is 52.5 Å². The van der Waals surface area contributed by atoms with Crippen LogP contribution in [0.1, 0.15) is 46.7 Å². The third-order valence-electron chi connectivity index (χ3n) is 7.21. The molecule has 3 aliphatic rings. The maximum Gasteiger partial charge on any atom is 0.274 e. The highest BCUT2D eigenvalue weighted by Crippen LogP contribution is 2.41. The lowest BCUT2D eigenvalue weighted by atomic mass is 9.90. The van der Waals surface area contributed by atoms with Crippen molar-refractivity contribution in [2.45, 2.75) is 46.3 Å². The van der Waals surface area contributed by atoms with E-state index in [4.69, 9.17) is 0 Å². The first-order chi connectivity index (χ1) is 16.3. The number of nitrogens with one attached hydrogen (secondary N) is 1. The molecule has 8 heteroatoms. The summed E-state index contributed by atoms with van der Waals surface area (Å²) in [6.07, 6.45) is 3.55. The van der Waals surface area contributed by atoms with Gasteiger partial charge in [0.1, 0.15) is 17.3 Å². The van der Waals surface area contributed by atoms with Crippen molar-refractivity contribution >= 4 is 23.3 Å². The number of pyridine rings is 1. The average molecular weight is 461 g/mol. The number of amides is 2. The first-order valence-corrected chi connectivity index (χ1v) is 11.5. The van der Waals surface area contributed by atoms with Gasteiger partial charge < -0.3 is 19.9 Å². The molecular formula is C26H25FN4O3. The lowest BCUT2D eigenvalue weighted by Crippen LogP contribution is -2.41. The summed E-state index contributed by atoms with van der Waals surface area (Å²) in [5.74, 6) is -0.439. The molecule has 6 rings (SSSR count). The lowest BCUT2D eigenvalue weighted by Gasteiger charge is -2.32. The number of hydrogen-bond donors (Lipinski definition) is 2. The number of aromatic nitrogens is 2. The highest BCUT2D eigenvalue weighted by atomic mass is 19.1. The summed E-state index contributed by atoms with van der Waals surface area (Å²) < 4.78 is 17.0. The van der Waals surface area contributed by atoms with E-state index in [2.05, 4.69) is 28.7 Å². The largest absolute Gasteiger partial charge is 0.392 e. The second kappa shape index (κ2) is 7.24. The number of nitrogens with zero attached hydrogens (tertiary/aromatic N) is 3. The zero-order valence-electron chi connectivity index (χ0n) is 19.1. The molecule has 0 radical (unpaired) electrons. The number of halogens is 1. The number of benzene rings is 1. The van der Waals surface area contributed by atoms with Crippen LogP contribution in [0.25, 0.3) is 11.1 Å². The van der Waals surface area contributed by atoms with Gasteiger partial charge in [0.2, 0.25) is 5.91 Å². The zero-order valence-corrected chi connectivity index (χ0v) is 19.1. The quantitative estimate of drug-likeness (QED) is 0.627. The van der Waals surface area contributed by atoms with Gasteiger partial charge in [-0.15, -0.1) is 0 Å². The van der Waals surface area contributed by atoms with Crippen LogP contribution in [0.5, 0.6) is 0 Å². The zero-order chi connectivity index (χ0) is 23.8. The molecule has 2 amide bonds. The van der Waals surface area contributed by atoms with Gasteiger partial charge in [0.05, 0.1) is 18.7 Å². The van der Waals surface area contributed by atoms with Crippen LogP contribution in [0.3, 0.4) is 0 Å². The molecule has 34 heavy (non-hydrogen) atoms. The Kier molecular flexibility index (Phi) is 4.48. The molecule has 174 valence electrons. The van der Waals surface area contributed by atoms with Crippen LogP contribution in [0.4, 0.5) is 15.9 Å². The molecule has 0 bridgehead atoms. The van der Waals surface area contributed by atoms with E-state index in [-0.39, 0.29) is 30.3 Å². The van der Waals surface area contributed by atoms with Gasteiger partial charge in [-0.1, -0.05) is 13.8 Å². The molecule has 1 aromatic carbocycles. The van der Waals surface area contributed by atoms with Gasteiger partial charge in [-0.2, -0.15) is 0 Å². The highest BCUT2D eigenvalue weighted by Gasteiger charge is 2.37. The number of aliphatic hydroxyl groups excluding tert-OH is 1. The number of hydrogen-bond acceptors (Lipinski definition) is 4. The monoisotopic (exact) mass is 460 g/mol. The predicted molar refractivity (Wildman–Crippen MR) is 125 cm³/mol. The molecule has 0 unspecified atom stereocenters. The number of fused-ring (bicyclic) bond motifs is 4. The van der Waals surface area contributed by atoms with Gasteiger partial charge in [-0.25, -0.2) is 9.37 Å². The molecule has 0 saturated carbocycles. The van der Waals surface area contributed by atoms with Crippen LogP contribution in [0.2, 0.25) is 0 Å². The molecule has 4 heterocycles. The minimum Gasteiger partial charge on any atom is -0.392 e. The van der Waals surface area contributed by atoms with E-state index in [1.165, 1.54) is 23.4 Å². The van der Waals surface area contributed by atoms with Crippen LogP contribution in [0, 0.1) is 11.2 Å². The van der Waals surface area contributed by atoms with Gasteiger partial charge in [0.15, 0.2) is 0 Å². The van der Waals surface area contributed by atoms with E-state index in [1.807, 2.05) is 6.07 Å². The van der Waals surface area contributed by atoms with E-state index in [0.717, 1.165) is 12.8 Å². The maximum absolute atomic E-state index is 14.9. The number of rotatable bonds is 3. The van der Waals surface area contributed by atoms with Crippen molar-refractivity contribution in [3.63, 3.8) is 0 Å². The van der Waals surface area contributed by atoms with E-state index in [1.54, 1.807) is 17.2 Å². The van der Waals surface area contributed by atoms with Gasteiger partial charge in [0, 0.05) is 36.1 Å². The summed E-state index contributed by atoms with van der Waals surface area (Å²) in [5, 5.41) is 13.1. The Morgan fingerprint density at radius 3 is 2.76 bits per heavy atom. The third kappa shape index (κ3) is 3.09. The fourth-order valence-electron chi connectivity index (χ4n) is 5.78. The molecule has 3 aromatic rings. The van der Waals surface area contributed by atoms with Crippen molar-refractivity contribution in [2.75, 3.05) is 16.8 Å². The second-order valence-electron chi connectivity index (χ2n) is 10.1. The molecule has 0 atom stereocenters. The minimum absolute atomic E-state index is 0.132. The van der Waals surface area contributed by atoms with Crippen molar-refractivity contribution in [2.24, 2.45) is 5.41 Å². The summed E-state index contributed by atoms with van der Waals surface area (Å²) in [4.78, 5) is 31.3. The average Bonchev–Trinajstić information content (AvgIpc) is 3.42. The Morgan fingerprint density at radius 1 is 1.15 bits per heavy atom. The molecule has 7 nitrogen and oxygen atoms in total. The lowest BCUT2D eigenvalue weighted by molar-refractivity contribution is -0.115. The van der Waals surface area contributed by atoms with Crippen molar-refractivity contribution in [3.8, 4) is 11.1 Å². The van der Waals surface area contributed by atoms with Crippen molar-refractivity contribution in [1.29, 1.82) is 0 Å². The third-order valence-corrected chi connectivity index (χ3v) is 7.21. The smallest absolute Gasteiger partial charge is 0.274 e. The number of carbonyl (C=O) groups excluding carboxylic acids is 2. The molecule has 0 saturated heterocycles. The summed E-state index contributed by atoms with van der Waals surface area (Å²) in [7, 11) is 0. The Morgan fingerprint density at radius 2 is 1.97 bits per heavy atom. The first kappa shape index (κ1) is 21.0. The molecule has 0 fully saturated rings. The van der Waals surface area contributed by atoms with Crippen LogP contribution in [-0.4, -0.2) is 33.0 Å². The Bertz CT molecular complexity index is 1390. The van der Waals surface area contributed by atoms with E-state index in [9.17, 15) is 19.1 Å². The minimum atomic E-state index is -0.511. The van der Waals surface area contributed by atoms with Crippen molar-refractivity contribution in [1.82, 2.24) is 9.55 Å². The summed E-state index contributed by atoms with van der Waals surface area (Å²) in [6.45, 7) is 5.10. The van der Waals surface area contributed by atoms with Crippen LogP contribution in [-0.2, 0) is 37.2 Å². The molecular weight excluding hydrogens is 435 g/mol. The van der Waals surface area contributed by atoms with Gasteiger partial charge in [0.25, 0.3) is 5.91 Å². The van der Waals surface area contributed by atoms with Crippen molar-refractivity contribution in [3.05, 3.63) is 64.4 Å². The number of anilines is 2. The fourth-order valence-corrected chi connectivity index (χ4v) is 5.78. The predicted octanol–water partition coefficient (Wildman–Crippen LogP) is 3.46. The Balaban J connectivity index is 1.44. The Hall–Kier alpha value is -3.52. The first-order valence-electron chi connectivity index (χ1n) is 11.5. The van der Waals surface area contributed by atoms with E-state index < -0.39 is 5.82 Å². The molecule has 0 spiro atoms. The number of aliphatic hydroxyl groups is 1. The van der Waals surface area contributed by atoms with Crippen molar-refractivity contribution < 1.29 is 19.1 Å². The van der Waals surface area contributed by atoms with Crippen LogP contribution in [0.15, 0.2) is 30.5 Å². The standard InChI is InChI=1S/C26H25FN4O3/c1-26(2)11-14-7-21-25(34)31(6-5-30(21)22(14)12-26)20-9-15(27)8-17(19(20)13-32)16-3-4-28-24-18(16)10-23(33)29-24/h3-4,7-9,32H,5-6,10-13H2,1-2H3,(H,28,29,33). The molecule has 2 N–H and O–H groups in total. The molecule has 2 aromatic heterocycles. The second-order valence-corrected chi connectivity index (χ2v) is 10.1. The summed E-state index contributed by atoms with van der Waals surface area (Å²) in [6, 6.07) is 6.35. The SMILES string of the molecule is CC1(C)Cc2cc3n(c2C1)CCN(c1cc(F)cc(-c2ccnc4c2CC(=O)N4)c1CO)C3=O. The van der Waals surface area contributed by atoms with Gasteiger partial charge in [-0.3, -0.25) is 9.59 Å². The van der Waals surface area contributed by atoms with Gasteiger partial charge in [-0.05, 0) is 59.2 Å². The Labute approximate surface area is 196 Å². The van der Waals surface area contributed by atoms with Crippen LogP contribution >= 0.6 is 0 Å². The molecule has 1 aliphatic carbocycles.